The monoisotopic (exact) mass is 328 g/mol. The van der Waals surface area contributed by atoms with E-state index < -0.39 is 21.4 Å². The van der Waals surface area contributed by atoms with Gasteiger partial charge >= 0.3 is 11.4 Å². The van der Waals surface area contributed by atoms with Crippen molar-refractivity contribution >= 4 is 27.9 Å². The zero-order valence-electron chi connectivity index (χ0n) is 10.9. The van der Waals surface area contributed by atoms with Crippen molar-refractivity contribution in [3.05, 3.63) is 55.6 Å². The van der Waals surface area contributed by atoms with Gasteiger partial charge in [-0.05, 0) is 29.9 Å². The van der Waals surface area contributed by atoms with Gasteiger partial charge in [0.15, 0.2) is 4.77 Å². The van der Waals surface area contributed by atoms with Crippen LogP contribution >= 0.6 is 12.2 Å². The summed E-state index contributed by atoms with van der Waals surface area (Å²) in [6.45, 7) is 0.0411. The Labute approximate surface area is 124 Å². The van der Waals surface area contributed by atoms with Crippen LogP contribution in [0.4, 0.5) is 5.69 Å². The first kappa shape index (κ1) is 15.2. The summed E-state index contributed by atoms with van der Waals surface area (Å²) in [5.41, 5.74) is -0.161. The van der Waals surface area contributed by atoms with Crippen molar-refractivity contribution in [2.24, 2.45) is 0 Å². The summed E-state index contributed by atoms with van der Waals surface area (Å²) in [7, 11) is -3.34. The molecule has 0 unspecified atom stereocenters. The van der Waals surface area contributed by atoms with Crippen LogP contribution in [0.2, 0.25) is 0 Å². The largest absolute Gasteiger partial charge is 0.332 e. The van der Waals surface area contributed by atoms with E-state index in [0.29, 0.717) is 11.3 Å². The van der Waals surface area contributed by atoms with Crippen molar-refractivity contribution in [2.45, 2.75) is 6.54 Å². The first-order chi connectivity index (χ1) is 9.74. The van der Waals surface area contributed by atoms with Crippen LogP contribution in [0.15, 0.2) is 33.9 Å². The van der Waals surface area contributed by atoms with Gasteiger partial charge in [0.2, 0.25) is 10.0 Å². The number of aromatic amines is 2. The molecular formula is C11H12N4O4S2. The lowest BCUT2D eigenvalue weighted by Crippen LogP contribution is -2.37. The zero-order valence-corrected chi connectivity index (χ0v) is 12.5. The number of hydrogen-bond donors (Lipinski definition) is 3. The highest BCUT2D eigenvalue weighted by atomic mass is 32.2. The molecule has 0 amide bonds. The van der Waals surface area contributed by atoms with Gasteiger partial charge in [-0.1, -0.05) is 12.1 Å². The topological polar surface area (TPSA) is 117 Å². The summed E-state index contributed by atoms with van der Waals surface area (Å²) in [6, 6.07) is 6.31. The summed E-state index contributed by atoms with van der Waals surface area (Å²) >= 11 is 4.69. The fraction of sp³-hybridized carbons (Fsp3) is 0.182. The van der Waals surface area contributed by atoms with E-state index in [2.05, 4.69) is 26.9 Å². The van der Waals surface area contributed by atoms with Crippen molar-refractivity contribution in [1.82, 2.24) is 14.5 Å². The van der Waals surface area contributed by atoms with Gasteiger partial charge in [-0.2, -0.15) is 0 Å². The molecule has 1 aromatic carbocycles. The number of H-pyrrole nitrogens is 2. The molecule has 0 spiro atoms. The second kappa shape index (κ2) is 5.66. The Balaban J connectivity index is 2.28. The number of nitrogens with one attached hydrogen (secondary N) is 3. The van der Waals surface area contributed by atoms with E-state index in [1.807, 2.05) is 0 Å². The molecule has 2 aromatic rings. The SMILES string of the molecule is CS(=O)(=O)Nc1ccc(Cn2c(=O)[nH]c(=S)[nH]c2=O)cc1. The van der Waals surface area contributed by atoms with Gasteiger partial charge in [0, 0.05) is 5.69 Å². The maximum atomic E-state index is 11.6. The first-order valence-corrected chi connectivity index (χ1v) is 8.05. The molecular weight excluding hydrogens is 316 g/mol. The molecule has 0 aliphatic rings. The number of nitrogens with zero attached hydrogens (tertiary/aromatic N) is 1. The molecule has 0 radical (unpaired) electrons. The third-order valence-electron chi connectivity index (χ3n) is 2.53. The standard InChI is InChI=1S/C11H12N4O4S2/c1-21(18,19)14-8-4-2-7(3-5-8)6-15-10(16)12-9(20)13-11(15)17/h2-5,14H,6H2,1H3,(H2,12,13,16,17,20). The average Bonchev–Trinajstić information content (AvgIpc) is 2.34. The number of hydrogen-bond acceptors (Lipinski definition) is 5. The molecule has 0 aliphatic heterocycles. The van der Waals surface area contributed by atoms with Crippen molar-refractivity contribution in [2.75, 3.05) is 11.0 Å². The van der Waals surface area contributed by atoms with Crippen LogP contribution in [0.25, 0.3) is 0 Å². The normalized spacial score (nSPS) is 11.3. The fourth-order valence-corrected chi connectivity index (χ4v) is 2.41. The number of aromatic nitrogens is 3. The minimum absolute atomic E-state index is 0.0334. The molecule has 0 aliphatic carbocycles. The van der Waals surface area contributed by atoms with Gasteiger partial charge in [-0.3, -0.25) is 14.7 Å². The molecule has 0 fully saturated rings. The van der Waals surface area contributed by atoms with E-state index in [4.69, 9.17) is 0 Å². The second-order valence-corrected chi connectivity index (χ2v) is 6.50. The highest BCUT2D eigenvalue weighted by Gasteiger charge is 2.05. The Bertz CT molecular complexity index is 888. The van der Waals surface area contributed by atoms with E-state index in [1.165, 1.54) is 0 Å². The summed E-state index contributed by atoms with van der Waals surface area (Å²) in [5.74, 6) is 0. The molecule has 0 atom stereocenters. The molecule has 1 aromatic heterocycles. The van der Waals surface area contributed by atoms with Gasteiger partial charge in [0.05, 0.1) is 12.8 Å². The van der Waals surface area contributed by atoms with Crippen molar-refractivity contribution in [3.8, 4) is 0 Å². The average molecular weight is 328 g/mol. The van der Waals surface area contributed by atoms with Crippen molar-refractivity contribution in [3.63, 3.8) is 0 Å². The van der Waals surface area contributed by atoms with Gasteiger partial charge in [-0.25, -0.2) is 22.6 Å². The Hall–Kier alpha value is -2.20. The van der Waals surface area contributed by atoms with Crippen LogP contribution in [-0.4, -0.2) is 29.2 Å². The molecule has 0 saturated heterocycles. The van der Waals surface area contributed by atoms with Gasteiger partial charge in [-0.15, -0.1) is 0 Å². The third kappa shape index (κ3) is 4.13. The van der Waals surface area contributed by atoms with Crippen LogP contribution in [0.3, 0.4) is 0 Å². The summed E-state index contributed by atoms with van der Waals surface area (Å²) in [5, 5.41) is 0. The van der Waals surface area contributed by atoms with Crippen molar-refractivity contribution < 1.29 is 8.42 Å². The Morgan fingerprint density at radius 1 is 1.14 bits per heavy atom. The fourth-order valence-electron chi connectivity index (χ4n) is 1.67. The lowest BCUT2D eigenvalue weighted by atomic mass is 10.2. The van der Waals surface area contributed by atoms with E-state index in [9.17, 15) is 18.0 Å². The maximum Gasteiger partial charge on any atom is 0.332 e. The van der Waals surface area contributed by atoms with Crippen molar-refractivity contribution in [1.29, 1.82) is 0 Å². The van der Waals surface area contributed by atoms with Crippen LogP contribution in [-0.2, 0) is 16.6 Å². The van der Waals surface area contributed by atoms with E-state index in [-0.39, 0.29) is 11.3 Å². The number of anilines is 1. The minimum atomic E-state index is -3.34. The smallest absolute Gasteiger partial charge is 0.284 e. The third-order valence-corrected chi connectivity index (χ3v) is 3.34. The first-order valence-electron chi connectivity index (χ1n) is 5.75. The van der Waals surface area contributed by atoms with Crippen LogP contribution in [0, 0.1) is 4.77 Å². The van der Waals surface area contributed by atoms with E-state index >= 15 is 0 Å². The molecule has 2 rings (SSSR count). The predicted octanol–water partition coefficient (Wildman–Crippen LogP) is 0.0140. The maximum absolute atomic E-state index is 11.6. The number of sulfonamides is 1. The molecule has 3 N–H and O–H groups in total. The molecule has 10 heteroatoms. The predicted molar refractivity (Wildman–Crippen MR) is 80.5 cm³/mol. The molecule has 0 saturated carbocycles. The van der Waals surface area contributed by atoms with Gasteiger partial charge in [0.1, 0.15) is 0 Å². The zero-order chi connectivity index (χ0) is 15.6. The number of benzene rings is 1. The molecule has 112 valence electrons. The van der Waals surface area contributed by atoms with E-state index in [0.717, 1.165) is 10.8 Å². The van der Waals surface area contributed by atoms with E-state index in [1.54, 1.807) is 24.3 Å². The highest BCUT2D eigenvalue weighted by molar-refractivity contribution is 7.92. The number of rotatable bonds is 4. The Kier molecular flexibility index (Phi) is 4.09. The minimum Gasteiger partial charge on any atom is -0.284 e. The quantitative estimate of drug-likeness (QED) is 0.684. The molecule has 1 heterocycles. The summed E-state index contributed by atoms with van der Waals surface area (Å²) in [6.07, 6.45) is 1.05. The second-order valence-electron chi connectivity index (χ2n) is 4.35. The Morgan fingerprint density at radius 2 is 1.67 bits per heavy atom. The molecule has 0 bridgehead atoms. The van der Waals surface area contributed by atoms with Crippen LogP contribution in [0.1, 0.15) is 5.56 Å². The summed E-state index contributed by atoms with van der Waals surface area (Å²) in [4.78, 5) is 27.9. The lowest BCUT2D eigenvalue weighted by Gasteiger charge is -2.06. The van der Waals surface area contributed by atoms with Crippen LogP contribution in [0.5, 0.6) is 0 Å². The van der Waals surface area contributed by atoms with Gasteiger partial charge < -0.3 is 0 Å². The Morgan fingerprint density at radius 3 is 2.14 bits per heavy atom. The molecule has 21 heavy (non-hydrogen) atoms. The summed E-state index contributed by atoms with van der Waals surface area (Å²) < 4.78 is 25.4. The lowest BCUT2D eigenvalue weighted by molar-refractivity contribution is 0.607. The van der Waals surface area contributed by atoms with Crippen LogP contribution < -0.4 is 16.1 Å². The van der Waals surface area contributed by atoms with Gasteiger partial charge in [0.25, 0.3) is 0 Å². The molecule has 8 nitrogen and oxygen atoms in total. The highest BCUT2D eigenvalue weighted by Crippen LogP contribution is 2.11.